The molecule has 0 aliphatic rings. The van der Waals surface area contributed by atoms with Crippen LogP contribution in [0.2, 0.25) is 0 Å². The highest BCUT2D eigenvalue weighted by Crippen LogP contribution is 2.28. The number of carboxylic acid groups (broad SMARTS) is 1. The molecule has 158 valence electrons. The summed E-state index contributed by atoms with van der Waals surface area (Å²) in [4.78, 5) is 40.6. The molecule has 1 aromatic heterocycles. The molecule has 0 spiro atoms. The largest absolute Gasteiger partial charge is 0.506 e. The molecular formula is C20H27N3O5S. The number of nitrogens with one attached hydrogen (secondary N) is 1. The normalized spacial score (nSPS) is 11.4. The molecule has 8 nitrogen and oxygen atoms in total. The quantitative estimate of drug-likeness (QED) is 0.567. The molecule has 1 heterocycles. The number of benzene rings is 1. The Bertz CT molecular complexity index is 957. The van der Waals surface area contributed by atoms with E-state index in [2.05, 4.69) is 11.6 Å². The Morgan fingerprint density at radius 1 is 1.21 bits per heavy atom. The smallest absolute Gasteiger partial charge is 0.407 e. The molecule has 0 unspecified atom stereocenters. The van der Waals surface area contributed by atoms with Gasteiger partial charge in [-0.15, -0.1) is 0 Å². The summed E-state index contributed by atoms with van der Waals surface area (Å²) in [6.07, 6.45) is 0.535. The molecule has 0 saturated carbocycles. The minimum absolute atomic E-state index is 0.0158. The second-order valence-electron chi connectivity index (χ2n) is 8.01. The van der Waals surface area contributed by atoms with Crippen molar-refractivity contribution in [1.29, 1.82) is 0 Å². The lowest BCUT2D eigenvalue weighted by molar-refractivity contribution is -0.127. The van der Waals surface area contributed by atoms with Crippen LogP contribution in [0.1, 0.15) is 26.3 Å². The highest BCUT2D eigenvalue weighted by atomic mass is 32.1. The van der Waals surface area contributed by atoms with E-state index in [0.717, 1.165) is 16.9 Å². The van der Waals surface area contributed by atoms with Gasteiger partial charge in [0.15, 0.2) is 0 Å². The molecule has 9 heteroatoms. The number of carbonyl (C=O) groups excluding carboxylic acids is 1. The summed E-state index contributed by atoms with van der Waals surface area (Å²) in [5.41, 5.74) is 1.02. The van der Waals surface area contributed by atoms with Gasteiger partial charge < -0.3 is 25.0 Å². The van der Waals surface area contributed by atoms with Crippen LogP contribution < -0.4 is 4.87 Å². The molecule has 3 N–H and O–H groups in total. The van der Waals surface area contributed by atoms with Crippen LogP contribution >= 0.6 is 11.3 Å². The first-order valence-electron chi connectivity index (χ1n) is 9.24. The SMILES string of the molecule is C=CC(=O)N(CCN(CCc1ccc(O)c2[nH]c(=O)sc12)C(=O)O)CC(C)(C)C. The molecule has 0 aliphatic heterocycles. The first-order valence-corrected chi connectivity index (χ1v) is 10.1. The summed E-state index contributed by atoms with van der Waals surface area (Å²) in [7, 11) is 0. The third-order valence-corrected chi connectivity index (χ3v) is 5.31. The van der Waals surface area contributed by atoms with Crippen LogP contribution in [0, 0.1) is 5.41 Å². The number of aromatic hydroxyl groups is 1. The second-order valence-corrected chi connectivity index (χ2v) is 8.99. The molecule has 2 aromatic rings. The van der Waals surface area contributed by atoms with Crippen molar-refractivity contribution in [2.24, 2.45) is 5.41 Å². The van der Waals surface area contributed by atoms with Crippen molar-refractivity contribution in [3.05, 3.63) is 40.0 Å². The van der Waals surface area contributed by atoms with E-state index in [9.17, 15) is 24.6 Å². The number of rotatable bonds is 8. The highest BCUT2D eigenvalue weighted by Gasteiger charge is 2.21. The van der Waals surface area contributed by atoms with Crippen molar-refractivity contribution in [3.63, 3.8) is 0 Å². The molecule has 2 amide bonds. The maximum atomic E-state index is 12.1. The van der Waals surface area contributed by atoms with Crippen molar-refractivity contribution in [3.8, 4) is 5.75 Å². The van der Waals surface area contributed by atoms with Crippen molar-refractivity contribution in [2.45, 2.75) is 27.2 Å². The maximum absolute atomic E-state index is 12.1. The van der Waals surface area contributed by atoms with Crippen LogP contribution in [0.5, 0.6) is 5.75 Å². The van der Waals surface area contributed by atoms with E-state index in [4.69, 9.17) is 0 Å². The molecule has 0 atom stereocenters. The number of thiazole rings is 1. The molecule has 0 fully saturated rings. The Labute approximate surface area is 173 Å². The zero-order valence-electron chi connectivity index (χ0n) is 16.9. The van der Waals surface area contributed by atoms with Gasteiger partial charge in [-0.1, -0.05) is 44.8 Å². The maximum Gasteiger partial charge on any atom is 0.407 e. The molecule has 0 aliphatic carbocycles. The van der Waals surface area contributed by atoms with Crippen LogP contribution in [0.4, 0.5) is 4.79 Å². The summed E-state index contributed by atoms with van der Waals surface area (Å²) in [6, 6.07) is 3.17. The molecule has 0 bridgehead atoms. The van der Waals surface area contributed by atoms with Gasteiger partial charge in [0.25, 0.3) is 0 Å². The number of nitrogens with zero attached hydrogens (tertiary/aromatic N) is 2. The number of H-pyrrole nitrogens is 1. The fourth-order valence-corrected chi connectivity index (χ4v) is 3.94. The fraction of sp³-hybridized carbons (Fsp3) is 0.450. The Kier molecular flexibility index (Phi) is 7.07. The van der Waals surface area contributed by atoms with Gasteiger partial charge in [0.1, 0.15) is 11.3 Å². The monoisotopic (exact) mass is 421 g/mol. The molecule has 29 heavy (non-hydrogen) atoms. The Morgan fingerprint density at radius 2 is 1.86 bits per heavy atom. The minimum atomic E-state index is -1.08. The number of hydrogen-bond acceptors (Lipinski definition) is 5. The summed E-state index contributed by atoms with van der Waals surface area (Å²) in [6.45, 7) is 10.6. The minimum Gasteiger partial charge on any atom is -0.506 e. The van der Waals surface area contributed by atoms with Crippen LogP contribution in [0.25, 0.3) is 10.2 Å². The van der Waals surface area contributed by atoms with E-state index in [0.29, 0.717) is 23.2 Å². The van der Waals surface area contributed by atoms with Crippen LogP contribution in [0.15, 0.2) is 29.6 Å². The summed E-state index contributed by atoms with van der Waals surface area (Å²) >= 11 is 0.983. The van der Waals surface area contributed by atoms with Crippen LogP contribution in [-0.2, 0) is 11.2 Å². The van der Waals surface area contributed by atoms with E-state index >= 15 is 0 Å². The lowest BCUT2D eigenvalue weighted by Gasteiger charge is -2.31. The zero-order chi connectivity index (χ0) is 21.8. The molecule has 0 saturated heterocycles. The standard InChI is InChI=1S/C20H27N3O5S/c1-5-15(25)23(12-20(2,3)4)11-10-22(19(27)28)9-8-13-6-7-14(24)16-17(13)29-18(26)21-16/h5-7,24H,1,8-12H2,2-4H3,(H,21,26)(H,27,28). The van der Waals surface area contributed by atoms with Gasteiger partial charge in [-0.05, 0) is 29.5 Å². The topological polar surface area (TPSA) is 114 Å². The van der Waals surface area contributed by atoms with Gasteiger partial charge in [0.2, 0.25) is 5.91 Å². The number of hydrogen-bond donors (Lipinski definition) is 3. The number of fused-ring (bicyclic) bond motifs is 1. The first kappa shape index (κ1) is 22.5. The highest BCUT2D eigenvalue weighted by molar-refractivity contribution is 7.16. The third-order valence-electron chi connectivity index (χ3n) is 4.35. The number of phenols is 1. The van der Waals surface area contributed by atoms with Gasteiger partial charge in [0, 0.05) is 26.2 Å². The van der Waals surface area contributed by atoms with Crippen molar-refractivity contribution in [1.82, 2.24) is 14.8 Å². The summed E-state index contributed by atoms with van der Waals surface area (Å²) in [5, 5.41) is 19.4. The Balaban J connectivity index is 2.10. The van der Waals surface area contributed by atoms with Gasteiger partial charge >= 0.3 is 11.0 Å². The molecule has 0 radical (unpaired) electrons. The van der Waals surface area contributed by atoms with E-state index in [1.165, 1.54) is 17.0 Å². The number of carbonyl (C=O) groups is 2. The summed E-state index contributed by atoms with van der Waals surface area (Å²) < 4.78 is 0.622. The van der Waals surface area contributed by atoms with Crippen molar-refractivity contribution >= 4 is 33.6 Å². The van der Waals surface area contributed by atoms with E-state index in [-0.39, 0.29) is 41.6 Å². The van der Waals surface area contributed by atoms with Gasteiger partial charge in [-0.3, -0.25) is 9.59 Å². The number of aromatic nitrogens is 1. The number of aromatic amines is 1. The molecule has 1 aromatic carbocycles. The van der Waals surface area contributed by atoms with Crippen molar-refractivity contribution in [2.75, 3.05) is 26.2 Å². The van der Waals surface area contributed by atoms with E-state index in [1.54, 1.807) is 11.0 Å². The van der Waals surface area contributed by atoms with E-state index in [1.807, 2.05) is 20.8 Å². The first-order chi connectivity index (χ1) is 13.5. The van der Waals surface area contributed by atoms with Gasteiger partial charge in [0.05, 0.1) is 4.70 Å². The lowest BCUT2D eigenvalue weighted by atomic mass is 9.96. The van der Waals surface area contributed by atoms with Crippen LogP contribution in [0.3, 0.4) is 0 Å². The van der Waals surface area contributed by atoms with Crippen molar-refractivity contribution < 1.29 is 19.8 Å². The zero-order valence-corrected chi connectivity index (χ0v) is 17.7. The number of amides is 2. The Morgan fingerprint density at radius 3 is 2.45 bits per heavy atom. The molecule has 2 rings (SSSR count). The number of phenolic OH excluding ortho intramolecular Hbond substituents is 1. The second kappa shape index (κ2) is 9.13. The van der Waals surface area contributed by atoms with Crippen LogP contribution in [-0.4, -0.2) is 63.2 Å². The predicted octanol–water partition coefficient (Wildman–Crippen LogP) is 2.88. The van der Waals surface area contributed by atoms with Gasteiger partial charge in [-0.2, -0.15) is 0 Å². The average molecular weight is 422 g/mol. The van der Waals surface area contributed by atoms with Gasteiger partial charge in [-0.25, -0.2) is 4.79 Å². The molecular weight excluding hydrogens is 394 g/mol. The van der Waals surface area contributed by atoms with E-state index < -0.39 is 6.09 Å². The fourth-order valence-electron chi connectivity index (χ4n) is 3.04. The predicted molar refractivity (Wildman–Crippen MR) is 114 cm³/mol. The lowest BCUT2D eigenvalue weighted by Crippen LogP contribution is -2.43. The summed E-state index contributed by atoms with van der Waals surface area (Å²) in [5.74, 6) is -0.249. The average Bonchev–Trinajstić information content (AvgIpc) is 3.02. The third kappa shape index (κ3) is 6.08. The Hall–Kier alpha value is -2.81.